The average molecular weight is 363 g/mol. The number of nitrogens with one attached hydrogen (secondary N) is 2. The van der Waals surface area contributed by atoms with Gasteiger partial charge in [0.25, 0.3) is 0 Å². The number of pyridine rings is 1. The van der Waals surface area contributed by atoms with E-state index in [2.05, 4.69) is 15.0 Å². The van der Waals surface area contributed by atoms with Gasteiger partial charge in [-0.25, -0.2) is 13.1 Å². The van der Waals surface area contributed by atoms with E-state index in [9.17, 15) is 13.2 Å². The Morgan fingerprint density at radius 3 is 2.67 bits per heavy atom. The number of carbonyl (C=O) groups is 1. The number of nitrogens with zero attached hydrogens (tertiary/aromatic N) is 1. The summed E-state index contributed by atoms with van der Waals surface area (Å²) in [6.07, 6.45) is 5.09. The van der Waals surface area contributed by atoms with Crippen molar-refractivity contribution in [3.05, 3.63) is 48.8 Å². The lowest BCUT2D eigenvalue weighted by molar-refractivity contribution is -0.113. The quantitative estimate of drug-likeness (QED) is 0.737. The zero-order valence-corrected chi connectivity index (χ0v) is 14.4. The van der Waals surface area contributed by atoms with Crippen LogP contribution in [0.15, 0.2) is 58.6 Å². The number of anilines is 1. The number of hydrogen-bond donors (Lipinski definition) is 2. The van der Waals surface area contributed by atoms with E-state index < -0.39 is 10.0 Å². The Kier molecular flexibility index (Phi) is 5.17. The molecule has 1 amide bonds. The van der Waals surface area contributed by atoms with Crippen molar-refractivity contribution in [3.8, 4) is 0 Å². The molecule has 2 aromatic rings. The fraction of sp³-hybridized carbons (Fsp3) is 0.250. The van der Waals surface area contributed by atoms with E-state index in [4.69, 9.17) is 0 Å². The summed E-state index contributed by atoms with van der Waals surface area (Å²) in [4.78, 5) is 17.1. The summed E-state index contributed by atoms with van der Waals surface area (Å²) in [5.74, 6) is 0.0444. The molecule has 1 saturated carbocycles. The first-order chi connectivity index (χ1) is 11.5. The third-order valence-electron chi connectivity index (χ3n) is 3.35. The van der Waals surface area contributed by atoms with Gasteiger partial charge in [0.05, 0.1) is 10.6 Å². The van der Waals surface area contributed by atoms with Crippen LogP contribution in [0.1, 0.15) is 12.8 Å². The molecule has 1 fully saturated rings. The van der Waals surface area contributed by atoms with Crippen molar-refractivity contribution in [1.29, 1.82) is 0 Å². The number of rotatable bonds is 7. The number of benzene rings is 1. The van der Waals surface area contributed by atoms with Gasteiger partial charge in [0.2, 0.25) is 15.9 Å². The molecule has 2 N–H and O–H groups in total. The molecule has 24 heavy (non-hydrogen) atoms. The van der Waals surface area contributed by atoms with Crippen LogP contribution in [0.4, 0.5) is 5.69 Å². The molecule has 6 nitrogen and oxygen atoms in total. The molecule has 126 valence electrons. The Hall–Kier alpha value is -1.90. The molecule has 0 unspecified atom stereocenters. The van der Waals surface area contributed by atoms with Gasteiger partial charge in [-0.05, 0) is 43.2 Å². The number of carbonyl (C=O) groups excluding carboxylic acids is 1. The van der Waals surface area contributed by atoms with Crippen molar-refractivity contribution >= 4 is 33.4 Å². The zero-order chi connectivity index (χ0) is 17.0. The molecule has 0 bridgehead atoms. The Morgan fingerprint density at radius 2 is 1.96 bits per heavy atom. The molecule has 0 aliphatic heterocycles. The van der Waals surface area contributed by atoms with Crippen molar-refractivity contribution in [1.82, 2.24) is 9.71 Å². The molecular formula is C16H17N3O3S2. The third-order valence-corrected chi connectivity index (χ3v) is 5.88. The van der Waals surface area contributed by atoms with Crippen molar-refractivity contribution in [2.45, 2.75) is 28.7 Å². The van der Waals surface area contributed by atoms with Crippen LogP contribution in [0, 0.1) is 0 Å². The van der Waals surface area contributed by atoms with Crippen LogP contribution >= 0.6 is 11.8 Å². The summed E-state index contributed by atoms with van der Waals surface area (Å²) in [6, 6.07) is 9.98. The van der Waals surface area contributed by atoms with E-state index in [0.29, 0.717) is 5.69 Å². The minimum absolute atomic E-state index is 0.0463. The van der Waals surface area contributed by atoms with Gasteiger partial charge in [-0.2, -0.15) is 0 Å². The van der Waals surface area contributed by atoms with Gasteiger partial charge >= 0.3 is 0 Å². The van der Waals surface area contributed by atoms with Crippen LogP contribution < -0.4 is 10.0 Å². The SMILES string of the molecule is O=C(CSc1ccncc1)Nc1cccc(S(=O)(=O)NC2CC2)c1. The Morgan fingerprint density at radius 1 is 1.21 bits per heavy atom. The minimum Gasteiger partial charge on any atom is -0.325 e. The Bertz CT molecular complexity index is 821. The summed E-state index contributed by atoms with van der Waals surface area (Å²) < 4.78 is 27.0. The van der Waals surface area contributed by atoms with Crippen LogP contribution in [-0.2, 0) is 14.8 Å². The van der Waals surface area contributed by atoms with Gasteiger partial charge < -0.3 is 5.32 Å². The lowest BCUT2D eigenvalue weighted by Gasteiger charge is -2.09. The van der Waals surface area contributed by atoms with Crippen LogP contribution in [0.25, 0.3) is 0 Å². The summed E-state index contributed by atoms with van der Waals surface area (Å²) in [6.45, 7) is 0. The molecule has 1 aromatic heterocycles. The van der Waals surface area contributed by atoms with E-state index in [1.165, 1.54) is 23.9 Å². The van der Waals surface area contributed by atoms with E-state index in [1.807, 2.05) is 12.1 Å². The fourth-order valence-corrected chi connectivity index (χ4v) is 4.04. The number of thioether (sulfide) groups is 1. The van der Waals surface area contributed by atoms with Crippen LogP contribution in [0.2, 0.25) is 0 Å². The van der Waals surface area contributed by atoms with Gasteiger partial charge in [0, 0.05) is 29.0 Å². The number of sulfonamides is 1. The molecule has 1 aliphatic rings. The van der Waals surface area contributed by atoms with Crippen LogP contribution in [0.3, 0.4) is 0 Å². The predicted molar refractivity (Wildman–Crippen MR) is 93.4 cm³/mol. The highest BCUT2D eigenvalue weighted by Crippen LogP contribution is 2.23. The number of hydrogen-bond acceptors (Lipinski definition) is 5. The second-order valence-corrected chi connectivity index (χ2v) is 8.21. The monoisotopic (exact) mass is 363 g/mol. The highest BCUT2D eigenvalue weighted by atomic mass is 32.2. The first-order valence-corrected chi connectivity index (χ1v) is 9.95. The van der Waals surface area contributed by atoms with Crippen LogP contribution in [0.5, 0.6) is 0 Å². The number of aromatic nitrogens is 1. The molecule has 0 saturated heterocycles. The zero-order valence-electron chi connectivity index (χ0n) is 12.8. The third kappa shape index (κ3) is 4.80. The lowest BCUT2D eigenvalue weighted by Crippen LogP contribution is -2.25. The molecular weight excluding hydrogens is 346 g/mol. The maximum absolute atomic E-state index is 12.2. The first kappa shape index (κ1) is 16.9. The topological polar surface area (TPSA) is 88.2 Å². The lowest BCUT2D eigenvalue weighted by atomic mass is 10.3. The van der Waals surface area contributed by atoms with E-state index in [1.54, 1.807) is 24.5 Å². The van der Waals surface area contributed by atoms with Gasteiger partial charge in [-0.3, -0.25) is 9.78 Å². The van der Waals surface area contributed by atoms with E-state index >= 15 is 0 Å². The maximum atomic E-state index is 12.2. The average Bonchev–Trinajstić information content (AvgIpc) is 3.37. The molecule has 0 radical (unpaired) electrons. The summed E-state index contributed by atoms with van der Waals surface area (Å²) in [7, 11) is -3.52. The van der Waals surface area contributed by atoms with E-state index in [0.717, 1.165) is 17.7 Å². The molecule has 1 aliphatic carbocycles. The summed E-state index contributed by atoms with van der Waals surface area (Å²) in [5.41, 5.74) is 0.467. The molecule has 1 aromatic carbocycles. The van der Waals surface area contributed by atoms with Gasteiger partial charge in [0.1, 0.15) is 0 Å². The van der Waals surface area contributed by atoms with Crippen LogP contribution in [-0.4, -0.2) is 31.1 Å². The molecule has 0 spiro atoms. The van der Waals surface area contributed by atoms with E-state index in [-0.39, 0.29) is 22.6 Å². The fourth-order valence-electron chi connectivity index (χ4n) is 2.01. The predicted octanol–water partition coefficient (Wildman–Crippen LogP) is 2.25. The molecule has 1 heterocycles. The van der Waals surface area contributed by atoms with Crippen molar-refractivity contribution in [3.63, 3.8) is 0 Å². The minimum atomic E-state index is -3.52. The normalized spacial score (nSPS) is 14.3. The smallest absolute Gasteiger partial charge is 0.240 e. The van der Waals surface area contributed by atoms with Gasteiger partial charge in [-0.1, -0.05) is 6.07 Å². The highest BCUT2D eigenvalue weighted by Gasteiger charge is 2.28. The second-order valence-electron chi connectivity index (χ2n) is 5.44. The molecule has 0 atom stereocenters. The maximum Gasteiger partial charge on any atom is 0.240 e. The van der Waals surface area contributed by atoms with Crippen molar-refractivity contribution in [2.75, 3.05) is 11.1 Å². The largest absolute Gasteiger partial charge is 0.325 e. The van der Waals surface area contributed by atoms with Crippen molar-refractivity contribution in [2.24, 2.45) is 0 Å². The van der Waals surface area contributed by atoms with Gasteiger partial charge in [0.15, 0.2) is 0 Å². The summed E-state index contributed by atoms with van der Waals surface area (Å²) >= 11 is 1.39. The Labute approximate surface area is 145 Å². The summed E-state index contributed by atoms with van der Waals surface area (Å²) in [5, 5.41) is 2.73. The second kappa shape index (κ2) is 7.33. The van der Waals surface area contributed by atoms with Crippen molar-refractivity contribution < 1.29 is 13.2 Å². The first-order valence-electron chi connectivity index (χ1n) is 7.48. The van der Waals surface area contributed by atoms with Gasteiger partial charge in [-0.15, -0.1) is 11.8 Å². The number of amides is 1. The molecule has 3 rings (SSSR count). The highest BCUT2D eigenvalue weighted by molar-refractivity contribution is 8.00. The molecule has 8 heteroatoms. The standard InChI is InChI=1S/C16H17N3O3S2/c20-16(11-23-14-6-8-17-9-7-14)18-13-2-1-3-15(10-13)24(21,22)19-12-4-5-12/h1-3,6-10,12,19H,4-5,11H2,(H,18,20). The Balaban J connectivity index is 1.60.